The fourth-order valence-electron chi connectivity index (χ4n) is 9.51. The van der Waals surface area contributed by atoms with Crippen LogP contribution in [-0.4, -0.2) is 46.3 Å². The fraction of sp³-hybridized carbons (Fsp3) is 0.909. The highest BCUT2D eigenvalue weighted by Crippen LogP contribution is 2.67. The lowest BCUT2D eigenvalue weighted by molar-refractivity contribution is -0.0629. The summed E-state index contributed by atoms with van der Waals surface area (Å²) < 4.78 is 23.3. The molecule has 4 aliphatic rings. The van der Waals surface area contributed by atoms with Crippen LogP contribution in [0.15, 0.2) is 11.6 Å². The molecule has 0 heterocycles. The molecule has 4 aliphatic carbocycles. The van der Waals surface area contributed by atoms with Crippen molar-refractivity contribution in [1.82, 2.24) is 0 Å². The molecule has 0 bridgehead atoms. The molecule has 0 aromatic heterocycles. The Bertz CT molecular complexity index is 867. The number of fused-ring (bicyclic) bond motifs is 5. The number of methoxy groups -OCH3 is 1. The normalized spacial score (nSPS) is 38.1. The minimum absolute atomic E-state index is 0.0410. The minimum Gasteiger partial charge on any atom is -0.377 e. The Labute approximate surface area is 235 Å². The number of ether oxygens (including phenoxy) is 2. The van der Waals surface area contributed by atoms with Crippen molar-refractivity contribution >= 4 is 16.8 Å². The predicted molar refractivity (Wildman–Crippen MR) is 159 cm³/mol. The second-order valence-corrected chi connectivity index (χ2v) is 15.9. The van der Waals surface area contributed by atoms with Gasteiger partial charge in [0.1, 0.15) is 6.42 Å². The molecule has 5 heteroatoms. The van der Waals surface area contributed by atoms with Gasteiger partial charge in [0.25, 0.3) is 0 Å². The summed E-state index contributed by atoms with van der Waals surface area (Å²) in [6.07, 6.45) is 17.9. The Balaban J connectivity index is 1.32. The third-order valence-electron chi connectivity index (χ3n) is 11.7. The monoisotopic (exact) mass is 549 g/mol. The predicted octanol–water partition coefficient (Wildman–Crippen LogP) is 7.70. The van der Waals surface area contributed by atoms with Crippen molar-refractivity contribution in [2.24, 2.45) is 46.3 Å². The first-order valence-corrected chi connectivity index (χ1v) is 17.3. The summed E-state index contributed by atoms with van der Waals surface area (Å²) in [6.45, 7) is 13.1. The van der Waals surface area contributed by atoms with Crippen molar-refractivity contribution in [2.45, 2.75) is 118 Å². The van der Waals surface area contributed by atoms with Crippen molar-refractivity contribution in [3.05, 3.63) is 11.6 Å². The Kier molecular flexibility index (Phi) is 10.3. The quantitative estimate of drug-likeness (QED) is 0.142. The molecule has 4 rings (SSSR count). The summed E-state index contributed by atoms with van der Waals surface area (Å²) in [6, 6.07) is 0. The van der Waals surface area contributed by atoms with Crippen LogP contribution in [0, 0.1) is 46.3 Å². The summed E-state index contributed by atoms with van der Waals surface area (Å²) in [7, 11) is 0.451. The Morgan fingerprint density at radius 1 is 1.08 bits per heavy atom. The second-order valence-electron chi connectivity index (χ2n) is 14.2. The number of allylic oxidation sites excluding steroid dienone is 1. The van der Waals surface area contributed by atoms with Crippen LogP contribution in [0.2, 0.25) is 0 Å². The van der Waals surface area contributed by atoms with E-state index in [1.165, 1.54) is 64.9 Å². The first-order valence-electron chi connectivity index (χ1n) is 15.8. The van der Waals surface area contributed by atoms with Gasteiger partial charge in [-0.25, -0.2) is 0 Å². The zero-order valence-electron chi connectivity index (χ0n) is 25.3. The van der Waals surface area contributed by atoms with Gasteiger partial charge in [0, 0.05) is 22.3 Å². The van der Waals surface area contributed by atoms with Gasteiger partial charge in [0.2, 0.25) is 0 Å². The summed E-state index contributed by atoms with van der Waals surface area (Å²) >= 11 is 0. The van der Waals surface area contributed by atoms with Gasteiger partial charge < -0.3 is 14.3 Å². The average Bonchev–Trinajstić information content (AvgIpc) is 3.24. The Morgan fingerprint density at radius 2 is 1.87 bits per heavy atom. The lowest BCUT2D eigenvalue weighted by atomic mass is 9.47. The van der Waals surface area contributed by atoms with Crippen LogP contribution in [-0.2, 0) is 20.3 Å². The highest BCUT2D eigenvalue weighted by Gasteiger charge is 2.59. The third kappa shape index (κ3) is 6.45. The lowest BCUT2D eigenvalue weighted by Gasteiger charge is -2.58. The van der Waals surface area contributed by atoms with E-state index in [2.05, 4.69) is 40.7 Å². The molecule has 0 saturated heterocycles. The summed E-state index contributed by atoms with van der Waals surface area (Å²) in [5.41, 5.74) is 2.56. The van der Waals surface area contributed by atoms with Crippen LogP contribution in [0.1, 0.15) is 112 Å². The molecule has 0 aromatic carbocycles. The molecule has 9 atom stereocenters. The zero-order chi connectivity index (χ0) is 27.5. The minimum atomic E-state index is -0.986. The number of rotatable bonds is 12. The molecule has 1 N–H and O–H groups in total. The van der Waals surface area contributed by atoms with E-state index < -0.39 is 10.8 Å². The molecule has 38 heavy (non-hydrogen) atoms. The molecule has 0 spiro atoms. The van der Waals surface area contributed by atoms with Gasteiger partial charge in [0.05, 0.1) is 12.7 Å². The van der Waals surface area contributed by atoms with Crippen LogP contribution in [0.5, 0.6) is 0 Å². The lowest BCUT2D eigenvalue weighted by Crippen LogP contribution is -2.51. The molecule has 1 unspecified atom stereocenters. The van der Waals surface area contributed by atoms with Crippen LogP contribution < -0.4 is 0 Å². The Morgan fingerprint density at radius 3 is 2.61 bits per heavy atom. The molecule has 0 radical (unpaired) electrons. The molecule has 4 nitrogen and oxygen atoms in total. The van der Waals surface area contributed by atoms with Crippen molar-refractivity contribution in [3.8, 4) is 0 Å². The maximum absolute atomic E-state index is 12.2. The van der Waals surface area contributed by atoms with Gasteiger partial charge in [-0.2, -0.15) is 0 Å². The maximum atomic E-state index is 12.2. The molecule has 0 aliphatic heterocycles. The van der Waals surface area contributed by atoms with E-state index in [0.29, 0.717) is 35.4 Å². The molecule has 3 fully saturated rings. The van der Waals surface area contributed by atoms with Gasteiger partial charge in [-0.1, -0.05) is 65.5 Å². The summed E-state index contributed by atoms with van der Waals surface area (Å²) in [4.78, 5) is 9.42. The highest BCUT2D eigenvalue weighted by molar-refractivity contribution is 7.85. The van der Waals surface area contributed by atoms with Crippen molar-refractivity contribution in [1.29, 1.82) is 0 Å². The van der Waals surface area contributed by atoms with Gasteiger partial charge in [-0.05, 0) is 97.7 Å². The number of esters is 1. The number of carbonyl (C=O) groups excluding carboxylic acids is 1. The molecule has 0 amide bonds. The first-order chi connectivity index (χ1) is 18.1. The van der Waals surface area contributed by atoms with Crippen molar-refractivity contribution < 1.29 is 18.5 Å². The Hall–Kier alpha value is -0.680. The second kappa shape index (κ2) is 12.9. The van der Waals surface area contributed by atoms with E-state index in [0.717, 1.165) is 48.3 Å². The summed E-state index contributed by atoms with van der Waals surface area (Å²) in [5, 5.41) is 0. The van der Waals surface area contributed by atoms with E-state index in [4.69, 9.17) is 9.47 Å². The van der Waals surface area contributed by atoms with Crippen LogP contribution in [0.25, 0.3) is 0 Å². The molecular formula is C33H57O4S+. The number of hydrogen-bond acceptors (Lipinski definition) is 3. The smallest absolute Gasteiger partial charge is 0.377 e. The van der Waals surface area contributed by atoms with Gasteiger partial charge in [-0.15, -0.1) is 0 Å². The van der Waals surface area contributed by atoms with Gasteiger partial charge in [0.15, 0.2) is 7.11 Å². The van der Waals surface area contributed by atoms with Crippen LogP contribution in [0.3, 0.4) is 0 Å². The van der Waals surface area contributed by atoms with E-state index in [1.807, 2.05) is 0 Å². The van der Waals surface area contributed by atoms with Crippen LogP contribution >= 0.6 is 0 Å². The molecule has 3 saturated carbocycles. The molecule has 218 valence electrons. The SMILES string of the molecule is COC(=[OH+])CCS(=O)CCO[C@H]1CC[C@@]2(C)C(=CC[C@H]3[C@@H]4CC[C@H]([C@H](C)CCCC(C)C)[C@@]4(C)CC[C@@H]32)C1. The largest absolute Gasteiger partial charge is 0.483 e. The number of hydrogen-bond donors (Lipinski definition) is 0. The highest BCUT2D eigenvalue weighted by atomic mass is 32.2. The van der Waals surface area contributed by atoms with E-state index in [9.17, 15) is 9.00 Å². The third-order valence-corrected chi connectivity index (χ3v) is 13.0. The zero-order valence-corrected chi connectivity index (χ0v) is 26.1. The van der Waals surface area contributed by atoms with E-state index >= 15 is 0 Å². The van der Waals surface area contributed by atoms with Crippen molar-refractivity contribution in [3.63, 3.8) is 0 Å². The molecular weight excluding hydrogens is 492 g/mol. The fourth-order valence-corrected chi connectivity index (χ4v) is 10.4. The van der Waals surface area contributed by atoms with E-state index in [-0.39, 0.29) is 12.1 Å². The topological polar surface area (TPSA) is 56.9 Å². The first kappa shape index (κ1) is 30.3. The molecule has 0 aromatic rings. The van der Waals surface area contributed by atoms with Gasteiger partial charge in [-0.3, -0.25) is 4.21 Å². The average molecular weight is 550 g/mol. The van der Waals surface area contributed by atoms with Gasteiger partial charge >= 0.3 is 5.97 Å². The standard InChI is InChI=1S/C33H56O4S/c1-23(2)8-7-9-24(3)28-12-13-29-27-11-10-25-22-26(37-19-21-38(35)20-16-31(34)36-6)14-17-32(25,4)30(27)15-18-33(28,29)5/h10,23-24,26-30H,7-9,11-22H2,1-6H3/p+1/t24-,26+,27+,28-,29+,30+,32+,33-,38?/m1/s1. The van der Waals surface area contributed by atoms with Crippen molar-refractivity contribution in [2.75, 3.05) is 25.2 Å². The van der Waals surface area contributed by atoms with E-state index in [1.54, 1.807) is 5.57 Å². The maximum Gasteiger partial charge on any atom is 0.483 e. The van der Waals surface area contributed by atoms with Crippen LogP contribution in [0.4, 0.5) is 0 Å². The summed E-state index contributed by atoms with van der Waals surface area (Å²) in [5.74, 6) is 6.17.